The molecule has 0 aliphatic rings. The zero-order valence-electron chi connectivity index (χ0n) is 9.74. The first kappa shape index (κ1) is 15.3. The van der Waals surface area contributed by atoms with Gasteiger partial charge in [-0.05, 0) is 13.3 Å². The molecule has 0 spiro atoms. The molecule has 1 amide bonds. The molecule has 0 bridgehead atoms. The summed E-state index contributed by atoms with van der Waals surface area (Å²) in [4.78, 5) is 17.0. The molecule has 0 fully saturated rings. The Morgan fingerprint density at radius 3 is 2.69 bits per heavy atom. The number of carbonyl (C=O) groups is 1. The van der Waals surface area contributed by atoms with Crippen LogP contribution in [0.2, 0.25) is 0 Å². The smallest absolute Gasteiger partial charge is 0.230 e. The fourth-order valence-electron chi connectivity index (χ4n) is 1.15. The highest BCUT2D eigenvalue weighted by Gasteiger charge is 2.13. The van der Waals surface area contributed by atoms with E-state index in [0.29, 0.717) is 11.7 Å². The fourth-order valence-corrected chi connectivity index (χ4v) is 2.05. The summed E-state index contributed by atoms with van der Waals surface area (Å²) in [7, 11) is 0. The van der Waals surface area contributed by atoms with Gasteiger partial charge < -0.3 is 11.1 Å². The summed E-state index contributed by atoms with van der Waals surface area (Å²) in [5.41, 5.74) is 6.46. The number of thiazole rings is 1. The third-order valence-electron chi connectivity index (χ3n) is 2.26. The van der Waals surface area contributed by atoms with Crippen molar-refractivity contribution >= 4 is 34.8 Å². The van der Waals surface area contributed by atoms with Gasteiger partial charge in [-0.25, -0.2) is 4.98 Å². The highest BCUT2D eigenvalue weighted by Crippen LogP contribution is 2.22. The number of halogens is 1. The fraction of sp³-hybridized carbons (Fsp3) is 0.600. The molecule has 1 aromatic rings. The van der Waals surface area contributed by atoms with Gasteiger partial charge in [0.25, 0.3) is 0 Å². The van der Waals surface area contributed by atoms with Crippen LogP contribution in [0.1, 0.15) is 24.4 Å². The van der Waals surface area contributed by atoms with Crippen molar-refractivity contribution in [2.24, 2.45) is 11.7 Å². The van der Waals surface area contributed by atoms with E-state index in [2.05, 4.69) is 17.2 Å². The summed E-state index contributed by atoms with van der Waals surface area (Å²) in [6.45, 7) is 6.22. The van der Waals surface area contributed by atoms with Gasteiger partial charge in [-0.15, -0.1) is 23.7 Å². The Balaban J connectivity index is 0.00000225. The lowest BCUT2D eigenvalue weighted by atomic mass is 10.2. The molecule has 0 aliphatic carbocycles. The Bertz CT molecular complexity index is 354. The number of nitrogens with zero attached hydrogens (tertiary/aromatic N) is 1. The highest BCUT2D eigenvalue weighted by molar-refractivity contribution is 7.15. The van der Waals surface area contributed by atoms with Gasteiger partial charge in [-0.3, -0.25) is 4.79 Å². The molecule has 1 atom stereocenters. The van der Waals surface area contributed by atoms with Crippen LogP contribution in [0.4, 0.5) is 5.13 Å². The van der Waals surface area contributed by atoms with Crippen LogP contribution in [0.3, 0.4) is 0 Å². The van der Waals surface area contributed by atoms with Crippen molar-refractivity contribution in [2.45, 2.75) is 27.2 Å². The maximum Gasteiger partial charge on any atom is 0.230 e. The number of hydrogen-bond donors (Lipinski definition) is 2. The molecule has 92 valence electrons. The molecule has 4 nitrogen and oxygen atoms in total. The van der Waals surface area contributed by atoms with Crippen LogP contribution >= 0.6 is 23.7 Å². The lowest BCUT2D eigenvalue weighted by Crippen LogP contribution is -2.26. The number of carbonyl (C=O) groups excluding carboxylic acids is 1. The Kier molecular flexibility index (Phi) is 6.55. The van der Waals surface area contributed by atoms with E-state index in [9.17, 15) is 4.79 Å². The Morgan fingerprint density at radius 2 is 2.25 bits per heavy atom. The number of anilines is 1. The predicted molar refractivity (Wildman–Crippen MR) is 70.3 cm³/mol. The van der Waals surface area contributed by atoms with Gasteiger partial charge in [0.2, 0.25) is 5.91 Å². The van der Waals surface area contributed by atoms with E-state index in [1.807, 2.05) is 6.92 Å². The van der Waals surface area contributed by atoms with Gasteiger partial charge in [0, 0.05) is 17.3 Å². The van der Waals surface area contributed by atoms with Crippen molar-refractivity contribution in [3.63, 3.8) is 0 Å². The van der Waals surface area contributed by atoms with E-state index in [1.165, 1.54) is 11.3 Å². The molecule has 0 aromatic carbocycles. The third-order valence-corrected chi connectivity index (χ3v) is 3.19. The van der Waals surface area contributed by atoms with E-state index in [1.54, 1.807) is 6.92 Å². The predicted octanol–water partition coefficient (Wildman–Crippen LogP) is 1.97. The summed E-state index contributed by atoms with van der Waals surface area (Å²) in [6, 6.07) is 0. The van der Waals surface area contributed by atoms with Gasteiger partial charge >= 0.3 is 0 Å². The Hall–Kier alpha value is -0.650. The van der Waals surface area contributed by atoms with Crippen molar-refractivity contribution in [3.8, 4) is 0 Å². The lowest BCUT2D eigenvalue weighted by molar-refractivity contribution is -0.119. The number of nitrogens with two attached hydrogens (primary N) is 1. The standard InChI is InChI=1S/C10H17N3OS.ClH/c1-4-8-7(3)15-10(12-8)13-9(14)6(2)5-11;/h6H,4-5,11H2,1-3H3,(H,12,13,14);1H. The van der Waals surface area contributed by atoms with Gasteiger partial charge in [0.05, 0.1) is 5.69 Å². The number of rotatable bonds is 4. The lowest BCUT2D eigenvalue weighted by Gasteiger charge is -2.06. The first-order valence-corrected chi connectivity index (χ1v) is 5.87. The topological polar surface area (TPSA) is 68.0 Å². The minimum absolute atomic E-state index is 0. The largest absolute Gasteiger partial charge is 0.330 e. The van der Waals surface area contributed by atoms with Crippen LogP contribution in [0, 0.1) is 12.8 Å². The van der Waals surface area contributed by atoms with Crippen LogP contribution in [0.25, 0.3) is 0 Å². The Morgan fingerprint density at radius 1 is 1.62 bits per heavy atom. The number of nitrogens with one attached hydrogen (secondary N) is 1. The van der Waals surface area contributed by atoms with Gasteiger partial charge in [0.15, 0.2) is 5.13 Å². The molecule has 1 heterocycles. The average Bonchev–Trinajstić information content (AvgIpc) is 2.57. The van der Waals surface area contributed by atoms with Crippen molar-refractivity contribution in [3.05, 3.63) is 10.6 Å². The molecule has 6 heteroatoms. The number of aromatic nitrogens is 1. The minimum atomic E-state index is -0.167. The molecule has 16 heavy (non-hydrogen) atoms. The third kappa shape index (κ3) is 3.73. The zero-order chi connectivity index (χ0) is 11.4. The van der Waals surface area contributed by atoms with Crippen LogP contribution in [0.15, 0.2) is 0 Å². The van der Waals surface area contributed by atoms with Crippen molar-refractivity contribution in [1.29, 1.82) is 0 Å². The monoisotopic (exact) mass is 263 g/mol. The van der Waals surface area contributed by atoms with E-state index < -0.39 is 0 Å². The molecule has 0 saturated heterocycles. The molecule has 1 unspecified atom stereocenters. The van der Waals surface area contributed by atoms with Crippen LogP contribution in [-0.2, 0) is 11.2 Å². The molecular weight excluding hydrogens is 246 g/mol. The summed E-state index contributed by atoms with van der Waals surface area (Å²) in [6.07, 6.45) is 0.893. The second-order valence-electron chi connectivity index (χ2n) is 3.50. The highest BCUT2D eigenvalue weighted by atomic mass is 35.5. The summed E-state index contributed by atoms with van der Waals surface area (Å²) in [5.74, 6) is -0.229. The first-order valence-electron chi connectivity index (χ1n) is 5.05. The molecule has 1 rings (SSSR count). The molecule has 0 saturated carbocycles. The average molecular weight is 264 g/mol. The SMILES string of the molecule is CCc1nc(NC(=O)C(C)CN)sc1C.Cl. The molecule has 3 N–H and O–H groups in total. The maximum atomic E-state index is 11.5. The Labute approximate surface area is 106 Å². The minimum Gasteiger partial charge on any atom is -0.330 e. The molecule has 1 aromatic heterocycles. The quantitative estimate of drug-likeness (QED) is 0.873. The summed E-state index contributed by atoms with van der Waals surface area (Å²) < 4.78 is 0. The zero-order valence-corrected chi connectivity index (χ0v) is 11.4. The van der Waals surface area contributed by atoms with E-state index >= 15 is 0 Å². The molecule has 0 radical (unpaired) electrons. The first-order chi connectivity index (χ1) is 7.08. The molecule has 0 aliphatic heterocycles. The van der Waals surface area contributed by atoms with Gasteiger partial charge in [0.1, 0.15) is 0 Å². The molecular formula is C10H18ClN3OS. The maximum absolute atomic E-state index is 11.5. The number of amides is 1. The van der Waals surface area contributed by atoms with Crippen LogP contribution in [-0.4, -0.2) is 17.4 Å². The van der Waals surface area contributed by atoms with E-state index in [0.717, 1.165) is 17.0 Å². The second-order valence-corrected chi connectivity index (χ2v) is 4.70. The number of hydrogen-bond acceptors (Lipinski definition) is 4. The van der Waals surface area contributed by atoms with E-state index in [-0.39, 0.29) is 24.2 Å². The summed E-state index contributed by atoms with van der Waals surface area (Å²) >= 11 is 1.51. The normalized spacial score (nSPS) is 11.8. The van der Waals surface area contributed by atoms with E-state index in [4.69, 9.17) is 5.73 Å². The summed E-state index contributed by atoms with van der Waals surface area (Å²) in [5, 5.41) is 3.45. The van der Waals surface area contributed by atoms with Gasteiger partial charge in [-0.2, -0.15) is 0 Å². The van der Waals surface area contributed by atoms with Crippen LogP contribution in [0.5, 0.6) is 0 Å². The van der Waals surface area contributed by atoms with Crippen molar-refractivity contribution in [1.82, 2.24) is 4.98 Å². The van der Waals surface area contributed by atoms with Crippen LogP contribution < -0.4 is 11.1 Å². The number of aryl methyl sites for hydroxylation is 2. The van der Waals surface area contributed by atoms with Crippen molar-refractivity contribution < 1.29 is 4.79 Å². The van der Waals surface area contributed by atoms with Crippen molar-refractivity contribution in [2.75, 3.05) is 11.9 Å². The van der Waals surface area contributed by atoms with Gasteiger partial charge in [-0.1, -0.05) is 13.8 Å². The second kappa shape index (κ2) is 6.83.